The third-order valence-corrected chi connectivity index (χ3v) is 13.3. The first-order valence-electron chi connectivity index (χ1n) is 13.3. The molecule has 6 heteroatoms. The number of hydrogen-bond acceptors (Lipinski definition) is 4. The van der Waals surface area contributed by atoms with Gasteiger partial charge in [-0.15, -0.1) is 0 Å². The Kier molecular flexibility index (Phi) is 8.76. The number of hydrogen-bond donors (Lipinski definition) is 1. The zero-order valence-corrected chi connectivity index (χ0v) is 27.3. The van der Waals surface area contributed by atoms with Gasteiger partial charge in [0.1, 0.15) is 11.9 Å². The summed E-state index contributed by atoms with van der Waals surface area (Å²) >= 11 is 2.46. The molecular formula is C30H46INO3Si. The Morgan fingerprint density at radius 3 is 2.17 bits per heavy atom. The molecule has 0 saturated carbocycles. The summed E-state index contributed by atoms with van der Waals surface area (Å²) in [6, 6.07) is 7.82. The number of aromatic nitrogens is 1. The molecule has 1 aromatic heterocycles. The molecule has 0 amide bonds. The van der Waals surface area contributed by atoms with E-state index < -0.39 is 14.4 Å². The maximum absolute atomic E-state index is 11.7. The predicted octanol–water partition coefficient (Wildman–Crippen LogP) is 8.71. The molecule has 2 atom stereocenters. The normalized spacial score (nSPS) is 18.9. The highest BCUT2D eigenvalue weighted by Gasteiger charge is 2.44. The standard InChI is InChI=1S/C30H46INO3Si/c1-18(2)27-25(28(33)20-12-14-21(15-13-20)34-19(3)4)26(31)24-22(32-27)16-30(8,9)17-23(24)35-36(10,11)29(5,6)7/h12-15,18-19,23,28,33H,16-17H2,1-11H3/t23?,28-/m0/s1. The lowest BCUT2D eigenvalue weighted by Gasteiger charge is -2.44. The third-order valence-electron chi connectivity index (χ3n) is 7.65. The third kappa shape index (κ3) is 6.36. The van der Waals surface area contributed by atoms with Gasteiger partial charge in [-0.25, -0.2) is 0 Å². The van der Waals surface area contributed by atoms with Gasteiger partial charge in [0.15, 0.2) is 8.32 Å². The molecule has 0 fully saturated rings. The van der Waals surface area contributed by atoms with Gasteiger partial charge in [0.05, 0.1) is 17.9 Å². The van der Waals surface area contributed by atoms with Crippen LogP contribution in [0, 0.1) is 8.99 Å². The predicted molar refractivity (Wildman–Crippen MR) is 160 cm³/mol. The summed E-state index contributed by atoms with van der Waals surface area (Å²) in [5, 5.41) is 11.8. The SMILES string of the molecule is CC(C)Oc1ccc([C@H](O)c2c(C(C)C)nc3c(c2I)C(O[Si](C)(C)C(C)(C)C)CC(C)(C)C3)cc1. The van der Waals surface area contributed by atoms with Crippen molar-refractivity contribution in [2.45, 2.75) is 118 Å². The highest BCUT2D eigenvalue weighted by atomic mass is 127. The van der Waals surface area contributed by atoms with Gasteiger partial charge in [0, 0.05) is 20.4 Å². The summed E-state index contributed by atoms with van der Waals surface area (Å²) in [7, 11) is -2.02. The van der Waals surface area contributed by atoms with Crippen LogP contribution in [0.3, 0.4) is 0 Å². The van der Waals surface area contributed by atoms with Gasteiger partial charge in [0.2, 0.25) is 0 Å². The van der Waals surface area contributed by atoms with Gasteiger partial charge in [-0.2, -0.15) is 0 Å². The summed E-state index contributed by atoms with van der Waals surface area (Å²) in [5.74, 6) is 1.01. The molecule has 1 heterocycles. The van der Waals surface area contributed by atoms with Gasteiger partial charge in [-0.1, -0.05) is 60.6 Å². The van der Waals surface area contributed by atoms with E-state index in [1.807, 2.05) is 38.1 Å². The highest BCUT2D eigenvalue weighted by Crippen LogP contribution is 2.50. The molecule has 0 aliphatic heterocycles. The number of nitrogens with zero attached hydrogens (tertiary/aromatic N) is 1. The van der Waals surface area contributed by atoms with Crippen LogP contribution in [-0.2, 0) is 10.8 Å². The average Bonchev–Trinajstić information content (AvgIpc) is 2.70. The van der Waals surface area contributed by atoms with Crippen molar-refractivity contribution < 1.29 is 14.3 Å². The van der Waals surface area contributed by atoms with Gasteiger partial charge in [-0.05, 0) is 96.4 Å². The minimum absolute atomic E-state index is 0.0157. The van der Waals surface area contributed by atoms with Crippen molar-refractivity contribution in [3.05, 3.63) is 55.9 Å². The van der Waals surface area contributed by atoms with E-state index in [-0.39, 0.29) is 28.6 Å². The number of ether oxygens (including phenoxy) is 1. The van der Waals surface area contributed by atoms with Crippen LogP contribution in [0.25, 0.3) is 0 Å². The quantitative estimate of drug-likeness (QED) is 0.248. The minimum atomic E-state index is -2.02. The van der Waals surface area contributed by atoms with E-state index in [2.05, 4.69) is 84.2 Å². The van der Waals surface area contributed by atoms with Crippen LogP contribution >= 0.6 is 22.6 Å². The smallest absolute Gasteiger partial charge is 0.192 e. The van der Waals surface area contributed by atoms with Gasteiger partial charge < -0.3 is 14.3 Å². The van der Waals surface area contributed by atoms with Crippen LogP contribution in [0.2, 0.25) is 18.1 Å². The molecule has 4 nitrogen and oxygen atoms in total. The fourth-order valence-corrected chi connectivity index (χ4v) is 7.24. The maximum Gasteiger partial charge on any atom is 0.192 e. The van der Waals surface area contributed by atoms with Crippen molar-refractivity contribution in [1.29, 1.82) is 0 Å². The summed E-state index contributed by atoms with van der Waals surface area (Å²) in [6.07, 6.45) is 1.22. The van der Waals surface area contributed by atoms with Crippen LogP contribution < -0.4 is 4.74 Å². The molecular weight excluding hydrogens is 577 g/mol. The summed E-state index contributed by atoms with van der Waals surface area (Å²) < 4.78 is 14.0. The summed E-state index contributed by atoms with van der Waals surface area (Å²) in [4.78, 5) is 5.26. The minimum Gasteiger partial charge on any atom is -0.491 e. The van der Waals surface area contributed by atoms with E-state index in [9.17, 15) is 5.11 Å². The molecule has 1 unspecified atom stereocenters. The molecule has 2 aromatic rings. The second kappa shape index (κ2) is 10.7. The first-order chi connectivity index (χ1) is 16.4. The first kappa shape index (κ1) is 29.6. The number of rotatable bonds is 7. The van der Waals surface area contributed by atoms with Crippen LogP contribution in [0.4, 0.5) is 0 Å². The van der Waals surface area contributed by atoms with Crippen molar-refractivity contribution in [3.63, 3.8) is 0 Å². The maximum atomic E-state index is 11.7. The molecule has 1 aromatic carbocycles. The Labute approximate surface area is 233 Å². The Hall–Kier alpha value is -0.963. The molecule has 3 rings (SSSR count). The second-order valence-electron chi connectivity index (χ2n) is 13.3. The van der Waals surface area contributed by atoms with E-state index in [1.54, 1.807) is 0 Å². The lowest BCUT2D eigenvalue weighted by Crippen LogP contribution is -2.44. The first-order valence-corrected chi connectivity index (χ1v) is 17.3. The van der Waals surface area contributed by atoms with E-state index >= 15 is 0 Å². The van der Waals surface area contributed by atoms with E-state index in [4.69, 9.17) is 14.1 Å². The Bertz CT molecular complexity index is 1070. The van der Waals surface area contributed by atoms with Crippen molar-refractivity contribution >= 4 is 30.9 Å². The van der Waals surface area contributed by atoms with Crippen molar-refractivity contribution in [2.75, 3.05) is 0 Å². The van der Waals surface area contributed by atoms with Crippen molar-refractivity contribution in [1.82, 2.24) is 4.98 Å². The highest BCUT2D eigenvalue weighted by molar-refractivity contribution is 14.1. The van der Waals surface area contributed by atoms with E-state index in [0.717, 1.165) is 44.7 Å². The molecule has 36 heavy (non-hydrogen) atoms. The molecule has 1 N–H and O–H groups in total. The molecule has 200 valence electrons. The van der Waals surface area contributed by atoms with Gasteiger partial charge in [0.25, 0.3) is 0 Å². The number of fused-ring (bicyclic) bond motifs is 1. The van der Waals surface area contributed by atoms with E-state index in [0.29, 0.717) is 0 Å². The second-order valence-corrected chi connectivity index (χ2v) is 19.1. The topological polar surface area (TPSA) is 51.6 Å². The fourth-order valence-electron chi connectivity index (χ4n) is 4.74. The zero-order chi connectivity index (χ0) is 27.2. The van der Waals surface area contributed by atoms with Gasteiger partial charge >= 0.3 is 0 Å². The number of benzene rings is 1. The molecule has 1 aliphatic carbocycles. The monoisotopic (exact) mass is 623 g/mol. The molecule has 0 bridgehead atoms. The largest absolute Gasteiger partial charge is 0.491 e. The van der Waals surface area contributed by atoms with Crippen LogP contribution in [-0.4, -0.2) is 24.5 Å². The number of pyridine rings is 1. The zero-order valence-electron chi connectivity index (χ0n) is 24.1. The van der Waals surface area contributed by atoms with E-state index in [1.165, 1.54) is 5.56 Å². The van der Waals surface area contributed by atoms with Crippen molar-refractivity contribution in [2.24, 2.45) is 5.41 Å². The summed E-state index contributed by atoms with van der Waals surface area (Å²) in [6.45, 7) is 24.5. The Morgan fingerprint density at radius 2 is 1.67 bits per heavy atom. The molecule has 0 saturated heterocycles. The molecule has 0 radical (unpaired) electrons. The molecule has 0 spiro atoms. The Balaban J connectivity index is 2.14. The van der Waals surface area contributed by atoms with Crippen molar-refractivity contribution in [3.8, 4) is 5.75 Å². The number of aliphatic hydroxyl groups is 1. The summed E-state index contributed by atoms with van der Waals surface area (Å²) in [5.41, 5.74) is 5.20. The lowest BCUT2D eigenvalue weighted by molar-refractivity contribution is 0.104. The van der Waals surface area contributed by atoms with Crippen LogP contribution in [0.15, 0.2) is 24.3 Å². The Morgan fingerprint density at radius 1 is 1.08 bits per heavy atom. The van der Waals surface area contributed by atoms with Crippen LogP contribution in [0.1, 0.15) is 115 Å². The molecule has 1 aliphatic rings. The fraction of sp³-hybridized carbons (Fsp3) is 0.633. The number of aliphatic hydroxyl groups excluding tert-OH is 1. The van der Waals surface area contributed by atoms with Crippen LogP contribution in [0.5, 0.6) is 5.75 Å². The average molecular weight is 624 g/mol. The lowest BCUT2D eigenvalue weighted by atomic mass is 9.74. The number of halogens is 1. The van der Waals surface area contributed by atoms with Gasteiger partial charge in [-0.3, -0.25) is 4.98 Å².